The van der Waals surface area contributed by atoms with Gasteiger partial charge in [-0.2, -0.15) is 0 Å². The summed E-state index contributed by atoms with van der Waals surface area (Å²) in [6.07, 6.45) is 2.02. The minimum atomic E-state index is -0.258. The predicted molar refractivity (Wildman–Crippen MR) is 62.9 cm³/mol. The molecule has 2 nitrogen and oxygen atoms in total. The largest absolute Gasteiger partial charge is 0.383 e. The fourth-order valence-electron chi connectivity index (χ4n) is 1.50. The molecule has 0 radical (unpaired) electrons. The summed E-state index contributed by atoms with van der Waals surface area (Å²) in [4.78, 5) is 3.95. The van der Waals surface area contributed by atoms with E-state index in [0.717, 1.165) is 11.1 Å². The van der Waals surface area contributed by atoms with E-state index in [1.165, 1.54) is 18.3 Å². The second-order valence-corrected chi connectivity index (χ2v) is 3.94. The van der Waals surface area contributed by atoms with Crippen molar-refractivity contribution in [2.45, 2.75) is 6.42 Å². The number of rotatable bonds is 2. The van der Waals surface area contributed by atoms with Crippen LogP contribution in [0.2, 0.25) is 5.02 Å². The number of pyridine rings is 1. The van der Waals surface area contributed by atoms with E-state index >= 15 is 0 Å². The molecular weight excluding hydrogens is 227 g/mol. The molecule has 0 saturated carbocycles. The van der Waals surface area contributed by atoms with E-state index in [1.54, 1.807) is 12.1 Å². The molecular formula is C12H10ClFN2. The van der Waals surface area contributed by atoms with E-state index in [-0.39, 0.29) is 5.82 Å². The molecule has 0 aliphatic heterocycles. The van der Waals surface area contributed by atoms with Gasteiger partial charge < -0.3 is 5.73 Å². The number of halogens is 2. The predicted octanol–water partition coefficient (Wildman–Crippen LogP) is 3.05. The van der Waals surface area contributed by atoms with Gasteiger partial charge in [-0.1, -0.05) is 23.7 Å². The highest BCUT2D eigenvalue weighted by molar-refractivity contribution is 6.30. The first kappa shape index (κ1) is 10.9. The van der Waals surface area contributed by atoms with Crippen LogP contribution in [0.15, 0.2) is 36.5 Å². The van der Waals surface area contributed by atoms with Crippen molar-refractivity contribution in [1.29, 1.82) is 0 Å². The summed E-state index contributed by atoms with van der Waals surface area (Å²) in [5.41, 5.74) is 7.36. The van der Waals surface area contributed by atoms with Crippen LogP contribution in [0.4, 0.5) is 10.2 Å². The van der Waals surface area contributed by atoms with Crippen LogP contribution in [0.3, 0.4) is 0 Å². The van der Waals surface area contributed by atoms with Gasteiger partial charge in [-0.15, -0.1) is 0 Å². The number of hydrogen-bond donors (Lipinski definition) is 1. The summed E-state index contributed by atoms with van der Waals surface area (Å²) in [7, 11) is 0. The molecule has 0 amide bonds. The molecule has 0 fully saturated rings. The van der Waals surface area contributed by atoms with Crippen molar-refractivity contribution in [2.75, 3.05) is 5.73 Å². The highest BCUT2D eigenvalue weighted by atomic mass is 35.5. The molecule has 4 heteroatoms. The average Bonchev–Trinajstić information content (AvgIpc) is 2.24. The number of nitrogens with two attached hydrogens (primary N) is 1. The van der Waals surface area contributed by atoms with Crippen molar-refractivity contribution >= 4 is 17.4 Å². The molecule has 0 saturated heterocycles. The lowest BCUT2D eigenvalue weighted by Crippen LogP contribution is -1.98. The molecule has 0 aliphatic carbocycles. The van der Waals surface area contributed by atoms with Crippen molar-refractivity contribution in [3.05, 3.63) is 58.5 Å². The van der Waals surface area contributed by atoms with Crippen molar-refractivity contribution in [3.8, 4) is 0 Å². The maximum Gasteiger partial charge on any atom is 0.126 e. The van der Waals surface area contributed by atoms with Crippen LogP contribution in [0, 0.1) is 5.82 Å². The maximum absolute atomic E-state index is 13.0. The first-order chi connectivity index (χ1) is 7.65. The number of hydrogen-bond acceptors (Lipinski definition) is 2. The Bertz CT molecular complexity index is 514. The number of benzene rings is 1. The quantitative estimate of drug-likeness (QED) is 0.871. The Kier molecular flexibility index (Phi) is 3.06. The molecule has 0 unspecified atom stereocenters. The lowest BCUT2D eigenvalue weighted by Gasteiger charge is -2.05. The van der Waals surface area contributed by atoms with Crippen LogP contribution in [0.1, 0.15) is 11.1 Å². The van der Waals surface area contributed by atoms with Crippen LogP contribution in [-0.4, -0.2) is 4.98 Å². The minimum absolute atomic E-state index is 0.258. The lowest BCUT2D eigenvalue weighted by atomic mass is 10.1. The fraction of sp³-hybridized carbons (Fsp3) is 0.0833. The van der Waals surface area contributed by atoms with E-state index < -0.39 is 0 Å². The molecule has 0 aliphatic rings. The van der Waals surface area contributed by atoms with Crippen LogP contribution < -0.4 is 5.73 Å². The van der Waals surface area contributed by atoms with Crippen molar-refractivity contribution in [3.63, 3.8) is 0 Å². The van der Waals surface area contributed by atoms with Gasteiger partial charge in [-0.3, -0.25) is 0 Å². The Morgan fingerprint density at radius 2 is 2.12 bits per heavy atom. The first-order valence-electron chi connectivity index (χ1n) is 4.79. The third kappa shape index (κ3) is 2.49. The first-order valence-corrected chi connectivity index (χ1v) is 5.17. The zero-order valence-electron chi connectivity index (χ0n) is 8.45. The Morgan fingerprint density at radius 3 is 2.88 bits per heavy atom. The summed E-state index contributed by atoms with van der Waals surface area (Å²) >= 11 is 5.82. The SMILES string of the molecule is Nc1ncc(Cl)cc1Cc1cccc(F)c1. The number of nitrogen functional groups attached to an aromatic ring is 1. The van der Waals surface area contributed by atoms with Gasteiger partial charge in [0.05, 0.1) is 5.02 Å². The monoisotopic (exact) mass is 236 g/mol. The fourth-order valence-corrected chi connectivity index (χ4v) is 1.68. The Hall–Kier alpha value is -1.61. The van der Waals surface area contributed by atoms with Crippen LogP contribution in [-0.2, 0) is 6.42 Å². The molecule has 1 heterocycles. The Balaban J connectivity index is 2.30. The van der Waals surface area contributed by atoms with Gasteiger partial charge in [0.2, 0.25) is 0 Å². The normalized spacial score (nSPS) is 10.4. The maximum atomic E-state index is 13.0. The molecule has 0 bridgehead atoms. The molecule has 2 rings (SSSR count). The van der Waals surface area contributed by atoms with Gasteiger partial charge in [0.25, 0.3) is 0 Å². The van der Waals surface area contributed by atoms with E-state index in [4.69, 9.17) is 17.3 Å². The molecule has 1 aromatic heterocycles. The standard InChI is InChI=1S/C12H10ClFN2/c13-10-6-9(12(15)16-7-10)4-8-2-1-3-11(14)5-8/h1-3,5-7H,4H2,(H2,15,16). The van der Waals surface area contributed by atoms with Gasteiger partial charge >= 0.3 is 0 Å². The number of aromatic nitrogens is 1. The molecule has 2 N–H and O–H groups in total. The Labute approximate surface area is 97.9 Å². The van der Waals surface area contributed by atoms with Crippen LogP contribution in [0.25, 0.3) is 0 Å². The highest BCUT2D eigenvalue weighted by Gasteiger charge is 2.04. The number of anilines is 1. The van der Waals surface area contributed by atoms with Crippen molar-refractivity contribution in [2.24, 2.45) is 0 Å². The third-order valence-corrected chi connectivity index (χ3v) is 2.46. The lowest BCUT2D eigenvalue weighted by molar-refractivity contribution is 0.626. The second kappa shape index (κ2) is 4.49. The van der Waals surface area contributed by atoms with Crippen LogP contribution in [0.5, 0.6) is 0 Å². The molecule has 2 aromatic rings. The summed E-state index contributed by atoms with van der Waals surface area (Å²) < 4.78 is 13.0. The van der Waals surface area contributed by atoms with Gasteiger partial charge in [-0.25, -0.2) is 9.37 Å². The summed E-state index contributed by atoms with van der Waals surface area (Å²) in [6, 6.07) is 8.13. The zero-order valence-corrected chi connectivity index (χ0v) is 9.21. The average molecular weight is 237 g/mol. The summed E-state index contributed by atoms with van der Waals surface area (Å²) in [6.45, 7) is 0. The van der Waals surface area contributed by atoms with Gasteiger partial charge in [0, 0.05) is 18.2 Å². The second-order valence-electron chi connectivity index (χ2n) is 3.50. The molecule has 16 heavy (non-hydrogen) atoms. The molecule has 82 valence electrons. The smallest absolute Gasteiger partial charge is 0.126 e. The van der Waals surface area contributed by atoms with E-state index in [2.05, 4.69) is 4.98 Å². The van der Waals surface area contributed by atoms with Gasteiger partial charge in [0.15, 0.2) is 0 Å². The summed E-state index contributed by atoms with van der Waals surface area (Å²) in [5.74, 6) is 0.166. The minimum Gasteiger partial charge on any atom is -0.383 e. The van der Waals surface area contributed by atoms with Crippen LogP contribution >= 0.6 is 11.6 Å². The summed E-state index contributed by atoms with van der Waals surface area (Å²) in [5, 5.41) is 0.528. The van der Waals surface area contributed by atoms with Crippen molar-refractivity contribution < 1.29 is 4.39 Å². The van der Waals surface area contributed by atoms with E-state index in [0.29, 0.717) is 17.3 Å². The zero-order chi connectivity index (χ0) is 11.5. The molecule has 1 aromatic carbocycles. The van der Waals surface area contributed by atoms with E-state index in [9.17, 15) is 4.39 Å². The molecule has 0 spiro atoms. The topological polar surface area (TPSA) is 38.9 Å². The highest BCUT2D eigenvalue weighted by Crippen LogP contribution is 2.18. The van der Waals surface area contributed by atoms with E-state index in [1.807, 2.05) is 6.07 Å². The van der Waals surface area contributed by atoms with Gasteiger partial charge in [0.1, 0.15) is 11.6 Å². The van der Waals surface area contributed by atoms with Crippen molar-refractivity contribution in [1.82, 2.24) is 4.98 Å². The molecule has 0 atom stereocenters. The Morgan fingerprint density at radius 1 is 1.31 bits per heavy atom. The van der Waals surface area contributed by atoms with Gasteiger partial charge in [-0.05, 0) is 23.8 Å². The number of nitrogens with zero attached hydrogens (tertiary/aromatic N) is 1. The third-order valence-electron chi connectivity index (χ3n) is 2.25.